The van der Waals surface area contributed by atoms with Crippen LogP contribution in [-0.4, -0.2) is 16.0 Å². The predicted octanol–water partition coefficient (Wildman–Crippen LogP) is 4.42. The number of ether oxygens (including phenoxy) is 1. The van der Waals surface area contributed by atoms with E-state index in [0.29, 0.717) is 11.7 Å². The molecule has 1 N–H and O–H groups in total. The van der Waals surface area contributed by atoms with E-state index in [1.54, 1.807) is 0 Å². The minimum atomic E-state index is -0.414. The maximum Gasteiger partial charge on any atom is 0.296 e. The molecule has 0 atom stereocenters. The van der Waals surface area contributed by atoms with Gasteiger partial charge >= 0.3 is 0 Å². The van der Waals surface area contributed by atoms with Gasteiger partial charge in [0.2, 0.25) is 5.76 Å². The van der Waals surface area contributed by atoms with Gasteiger partial charge in [0.1, 0.15) is 6.61 Å². The van der Waals surface area contributed by atoms with Crippen molar-refractivity contribution in [2.75, 3.05) is 5.32 Å². The summed E-state index contributed by atoms with van der Waals surface area (Å²) in [4.78, 5) is 16.7. The number of fused-ring (bicyclic) bond motifs is 1. The van der Waals surface area contributed by atoms with Crippen LogP contribution in [0.15, 0.2) is 59.1 Å². The zero-order valence-electron chi connectivity index (χ0n) is 13.9. The third kappa shape index (κ3) is 3.57. The van der Waals surface area contributed by atoms with Crippen molar-refractivity contribution in [1.82, 2.24) is 10.1 Å². The molecule has 6 nitrogen and oxygen atoms in total. The third-order valence-electron chi connectivity index (χ3n) is 3.71. The van der Waals surface area contributed by atoms with Crippen molar-refractivity contribution < 1.29 is 14.1 Å². The van der Waals surface area contributed by atoms with Crippen molar-refractivity contribution in [3.8, 4) is 5.88 Å². The summed E-state index contributed by atoms with van der Waals surface area (Å²) in [6, 6.07) is 17.1. The van der Waals surface area contributed by atoms with E-state index in [9.17, 15) is 4.79 Å². The first-order valence-electron chi connectivity index (χ1n) is 7.99. The maximum absolute atomic E-state index is 12.3. The van der Waals surface area contributed by atoms with E-state index in [1.165, 1.54) is 17.4 Å². The van der Waals surface area contributed by atoms with E-state index in [4.69, 9.17) is 9.26 Å². The Morgan fingerprint density at radius 1 is 1.19 bits per heavy atom. The molecule has 4 rings (SSSR count). The number of thiazole rings is 1. The van der Waals surface area contributed by atoms with Gasteiger partial charge in [-0.05, 0) is 35.3 Å². The molecule has 0 radical (unpaired) electrons. The van der Waals surface area contributed by atoms with Crippen molar-refractivity contribution >= 4 is 32.6 Å². The highest BCUT2D eigenvalue weighted by atomic mass is 32.1. The summed E-state index contributed by atoms with van der Waals surface area (Å²) in [7, 11) is 0. The lowest BCUT2D eigenvalue weighted by molar-refractivity contribution is 0.0987. The molecule has 0 aliphatic heterocycles. The molecule has 0 fully saturated rings. The molecule has 7 heteroatoms. The van der Waals surface area contributed by atoms with Crippen LogP contribution >= 0.6 is 11.3 Å². The summed E-state index contributed by atoms with van der Waals surface area (Å²) in [6.07, 6.45) is 0. The first-order chi connectivity index (χ1) is 12.7. The molecule has 0 bridgehead atoms. The normalized spacial score (nSPS) is 10.8. The minimum Gasteiger partial charge on any atom is -0.471 e. The Morgan fingerprint density at radius 3 is 2.88 bits per heavy atom. The van der Waals surface area contributed by atoms with Gasteiger partial charge in [0, 0.05) is 0 Å². The number of anilines is 1. The molecule has 2 heterocycles. The van der Waals surface area contributed by atoms with Gasteiger partial charge in [-0.15, -0.1) is 0 Å². The highest BCUT2D eigenvalue weighted by Crippen LogP contribution is 2.27. The fraction of sp³-hybridized carbons (Fsp3) is 0.105. The topological polar surface area (TPSA) is 77.2 Å². The Bertz CT molecular complexity index is 1060. The number of hydrogen-bond acceptors (Lipinski definition) is 6. The average Bonchev–Trinajstić information content (AvgIpc) is 3.27. The smallest absolute Gasteiger partial charge is 0.296 e. The summed E-state index contributed by atoms with van der Waals surface area (Å²) in [5.41, 5.74) is 3.00. The summed E-state index contributed by atoms with van der Waals surface area (Å²) < 4.78 is 11.6. The third-order valence-corrected chi connectivity index (χ3v) is 4.64. The summed E-state index contributed by atoms with van der Waals surface area (Å²) in [5, 5.41) is 7.02. The summed E-state index contributed by atoms with van der Waals surface area (Å²) in [6.45, 7) is 2.37. The van der Waals surface area contributed by atoms with Gasteiger partial charge in [0.25, 0.3) is 11.8 Å². The SMILES string of the molecule is Cc1ccc2nc(NC(=O)c3cc(OCc4ccccc4)no3)sc2c1. The van der Waals surface area contributed by atoms with Gasteiger partial charge in [0.15, 0.2) is 5.13 Å². The fourth-order valence-electron chi connectivity index (χ4n) is 2.41. The molecule has 0 aliphatic rings. The Balaban J connectivity index is 1.42. The Hall–Kier alpha value is -3.19. The maximum atomic E-state index is 12.3. The van der Waals surface area contributed by atoms with Crippen molar-refractivity contribution in [3.63, 3.8) is 0 Å². The van der Waals surface area contributed by atoms with Crippen LogP contribution in [0.5, 0.6) is 5.88 Å². The van der Waals surface area contributed by atoms with Crippen molar-refractivity contribution in [2.24, 2.45) is 0 Å². The molecule has 0 unspecified atom stereocenters. The predicted molar refractivity (Wildman–Crippen MR) is 99.6 cm³/mol. The standard InChI is InChI=1S/C19H15N3O3S/c1-12-7-8-14-16(9-12)26-19(20-14)21-18(23)15-10-17(22-25-15)24-11-13-5-3-2-4-6-13/h2-10H,11H2,1H3,(H,20,21,23). The summed E-state index contributed by atoms with van der Waals surface area (Å²) in [5.74, 6) is -0.0785. The van der Waals surface area contributed by atoms with Crippen LogP contribution in [0.1, 0.15) is 21.7 Å². The lowest BCUT2D eigenvalue weighted by Gasteiger charge is -2.00. The van der Waals surface area contributed by atoms with Gasteiger partial charge in [-0.25, -0.2) is 4.98 Å². The number of rotatable bonds is 5. The van der Waals surface area contributed by atoms with E-state index >= 15 is 0 Å². The van der Waals surface area contributed by atoms with E-state index in [1.807, 2.05) is 55.5 Å². The van der Waals surface area contributed by atoms with E-state index in [0.717, 1.165) is 21.3 Å². The number of hydrogen-bond donors (Lipinski definition) is 1. The van der Waals surface area contributed by atoms with Crippen LogP contribution in [0.2, 0.25) is 0 Å². The molecule has 26 heavy (non-hydrogen) atoms. The number of aromatic nitrogens is 2. The molecular weight excluding hydrogens is 350 g/mol. The van der Waals surface area contributed by atoms with E-state index < -0.39 is 5.91 Å². The Morgan fingerprint density at radius 2 is 2.04 bits per heavy atom. The number of aryl methyl sites for hydroxylation is 1. The van der Waals surface area contributed by atoms with Crippen LogP contribution in [0.25, 0.3) is 10.2 Å². The van der Waals surface area contributed by atoms with Crippen LogP contribution in [0.3, 0.4) is 0 Å². The lowest BCUT2D eigenvalue weighted by atomic mass is 10.2. The highest BCUT2D eigenvalue weighted by molar-refractivity contribution is 7.22. The highest BCUT2D eigenvalue weighted by Gasteiger charge is 2.16. The zero-order chi connectivity index (χ0) is 17.9. The second kappa shape index (κ2) is 6.97. The molecule has 130 valence electrons. The summed E-state index contributed by atoms with van der Waals surface area (Å²) >= 11 is 1.41. The molecule has 1 amide bonds. The van der Waals surface area contributed by atoms with Gasteiger partial charge in [0.05, 0.1) is 16.3 Å². The minimum absolute atomic E-state index is 0.0727. The monoisotopic (exact) mass is 365 g/mol. The molecule has 0 aliphatic carbocycles. The Kier molecular flexibility index (Phi) is 4.37. The quantitative estimate of drug-likeness (QED) is 0.566. The molecule has 0 saturated heterocycles. The van der Waals surface area contributed by atoms with E-state index in [-0.39, 0.29) is 11.6 Å². The first kappa shape index (κ1) is 16.3. The van der Waals surface area contributed by atoms with E-state index in [2.05, 4.69) is 15.5 Å². The first-order valence-corrected chi connectivity index (χ1v) is 8.81. The number of amides is 1. The molecular formula is C19H15N3O3S. The number of nitrogens with zero attached hydrogens (tertiary/aromatic N) is 2. The lowest BCUT2D eigenvalue weighted by Crippen LogP contribution is -2.10. The van der Waals surface area contributed by atoms with Crippen molar-refractivity contribution in [3.05, 3.63) is 71.5 Å². The molecule has 0 saturated carbocycles. The second-order valence-corrected chi connectivity index (χ2v) is 6.78. The zero-order valence-corrected chi connectivity index (χ0v) is 14.7. The Labute approximate surface area is 153 Å². The number of carbonyl (C=O) groups is 1. The second-order valence-electron chi connectivity index (χ2n) is 5.75. The number of benzene rings is 2. The number of carbonyl (C=O) groups excluding carboxylic acids is 1. The largest absolute Gasteiger partial charge is 0.471 e. The number of nitrogens with one attached hydrogen (secondary N) is 1. The molecule has 4 aromatic rings. The van der Waals surface area contributed by atoms with Crippen LogP contribution < -0.4 is 10.1 Å². The molecule has 0 spiro atoms. The fourth-order valence-corrected chi connectivity index (χ4v) is 3.37. The van der Waals surface area contributed by atoms with Gasteiger partial charge in [-0.1, -0.05) is 47.7 Å². The molecule has 2 aromatic carbocycles. The van der Waals surface area contributed by atoms with Crippen molar-refractivity contribution in [2.45, 2.75) is 13.5 Å². The van der Waals surface area contributed by atoms with Crippen LogP contribution in [-0.2, 0) is 6.61 Å². The van der Waals surface area contributed by atoms with Gasteiger partial charge in [-0.2, -0.15) is 0 Å². The van der Waals surface area contributed by atoms with Crippen LogP contribution in [0, 0.1) is 6.92 Å². The van der Waals surface area contributed by atoms with Crippen molar-refractivity contribution in [1.29, 1.82) is 0 Å². The average molecular weight is 365 g/mol. The van der Waals surface area contributed by atoms with Gasteiger partial charge < -0.3 is 9.26 Å². The van der Waals surface area contributed by atoms with Gasteiger partial charge in [-0.3, -0.25) is 10.1 Å². The van der Waals surface area contributed by atoms with Crippen LogP contribution in [0.4, 0.5) is 5.13 Å². The molecule has 2 aromatic heterocycles.